The minimum atomic E-state index is -0.735. The van der Waals surface area contributed by atoms with Crippen LogP contribution in [0.2, 0.25) is 0 Å². The lowest BCUT2D eigenvalue weighted by molar-refractivity contribution is -0.141. The van der Waals surface area contributed by atoms with Crippen LogP contribution in [0.25, 0.3) is 10.9 Å². The van der Waals surface area contributed by atoms with Gasteiger partial charge in [0.1, 0.15) is 24.0 Å². The Labute approximate surface area is 310 Å². The normalized spacial score (nSPS) is 20.9. The lowest BCUT2D eigenvalue weighted by atomic mass is 9.78. The maximum atomic E-state index is 14.2. The highest BCUT2D eigenvalue weighted by atomic mass is 19.1. The van der Waals surface area contributed by atoms with Crippen molar-refractivity contribution >= 4 is 40.5 Å². The minimum absolute atomic E-state index is 0.0790. The number of esters is 1. The van der Waals surface area contributed by atoms with Gasteiger partial charge in [0.2, 0.25) is 11.8 Å². The Balaban J connectivity index is 1.23. The molecule has 1 aliphatic heterocycles. The molecule has 3 N–H and O–H groups in total. The predicted molar refractivity (Wildman–Crippen MR) is 198 cm³/mol. The number of amides is 3. The van der Waals surface area contributed by atoms with Crippen molar-refractivity contribution in [1.82, 2.24) is 15.2 Å². The fourth-order valence-corrected chi connectivity index (χ4v) is 7.34. The number of alkyl carbamates (subject to hydrolysis) is 1. The Morgan fingerprint density at radius 3 is 2.40 bits per heavy atom. The van der Waals surface area contributed by atoms with E-state index in [0.29, 0.717) is 81.8 Å². The number of rotatable bonds is 15. The Hall–Kier alpha value is -4.49. The van der Waals surface area contributed by atoms with Gasteiger partial charge in [-0.2, -0.15) is 0 Å². The molecule has 3 aromatic rings. The van der Waals surface area contributed by atoms with Gasteiger partial charge in [0, 0.05) is 55.1 Å². The molecule has 53 heavy (non-hydrogen) atoms. The third kappa shape index (κ3) is 10.8. The van der Waals surface area contributed by atoms with E-state index in [1.165, 1.54) is 0 Å². The number of hydrogen-bond donors (Lipinski definition) is 3. The van der Waals surface area contributed by atoms with Crippen LogP contribution in [0.4, 0.5) is 14.9 Å². The summed E-state index contributed by atoms with van der Waals surface area (Å²) in [4.78, 5) is 58.1. The molecule has 288 valence electrons. The number of benzene rings is 2. The van der Waals surface area contributed by atoms with Gasteiger partial charge in [0.15, 0.2) is 0 Å². The number of alkyl halides is 1. The topological polar surface area (TPSA) is 148 Å². The molecule has 12 nitrogen and oxygen atoms in total. The van der Waals surface area contributed by atoms with Crippen LogP contribution < -0.4 is 10.6 Å². The first-order valence-corrected chi connectivity index (χ1v) is 18.6. The first-order valence-electron chi connectivity index (χ1n) is 18.6. The molecule has 1 saturated carbocycles. The van der Waals surface area contributed by atoms with Gasteiger partial charge in [-0.1, -0.05) is 30.3 Å². The maximum Gasteiger partial charge on any atom is 0.407 e. The highest BCUT2D eigenvalue weighted by molar-refractivity contribution is 6.01. The monoisotopic (exact) mass is 736 g/mol. The van der Waals surface area contributed by atoms with Gasteiger partial charge >= 0.3 is 12.1 Å². The number of fused-ring (bicyclic) bond motifs is 1. The van der Waals surface area contributed by atoms with Crippen molar-refractivity contribution < 1.29 is 42.5 Å². The molecule has 2 aliphatic rings. The first kappa shape index (κ1) is 39.7. The van der Waals surface area contributed by atoms with Gasteiger partial charge in [-0.25, -0.2) is 14.0 Å². The second-order valence-corrected chi connectivity index (χ2v) is 14.9. The molecule has 3 amide bonds. The van der Waals surface area contributed by atoms with E-state index in [1.54, 1.807) is 57.0 Å². The molecule has 0 unspecified atom stereocenters. The zero-order valence-corrected chi connectivity index (χ0v) is 31.2. The third-order valence-corrected chi connectivity index (χ3v) is 9.94. The average molecular weight is 737 g/mol. The summed E-state index contributed by atoms with van der Waals surface area (Å²) in [5, 5.41) is 6.45. The number of likely N-dealkylation sites (tertiary alicyclic amines) is 1. The van der Waals surface area contributed by atoms with E-state index < -0.39 is 36.4 Å². The molecule has 1 aliphatic carbocycles. The number of hydrogen-bond acceptors (Lipinski definition) is 8. The number of nitrogens with zero attached hydrogens (tertiary/aromatic N) is 1. The average Bonchev–Trinajstić information content (AvgIpc) is 3.78. The number of anilines is 1. The van der Waals surface area contributed by atoms with E-state index in [0.717, 1.165) is 10.9 Å². The van der Waals surface area contributed by atoms with Crippen LogP contribution in [0.3, 0.4) is 0 Å². The number of aromatic amines is 1. The molecule has 0 spiro atoms. The van der Waals surface area contributed by atoms with Crippen LogP contribution in [-0.4, -0.2) is 98.2 Å². The fourth-order valence-electron chi connectivity index (χ4n) is 7.34. The second kappa shape index (κ2) is 18.5. The largest absolute Gasteiger partial charge is 0.461 e. The van der Waals surface area contributed by atoms with E-state index in [4.69, 9.17) is 18.9 Å². The number of nitrogens with one attached hydrogen (secondary N) is 3. The summed E-state index contributed by atoms with van der Waals surface area (Å²) in [5.74, 6) is -1.49. The predicted octanol–water partition coefficient (Wildman–Crippen LogP) is 6.37. The number of ether oxygens (including phenoxy) is 4. The van der Waals surface area contributed by atoms with Crippen LogP contribution in [0.5, 0.6) is 0 Å². The molecule has 5 rings (SSSR count). The van der Waals surface area contributed by atoms with Crippen molar-refractivity contribution in [2.24, 2.45) is 11.8 Å². The fraction of sp³-hybridized carbons (Fsp3) is 0.550. The van der Waals surface area contributed by atoms with E-state index in [9.17, 15) is 23.6 Å². The SMILES string of the molecule is COCCOCCCOC(=O)c1cc2cc(NC(=O)[C@@H]3[C@@H](c4ccccc4)CCN3C(=O)C3CCC([C@@H](CF)NC(=O)OC(C)(C)C)CC3)ccc2[nH]1. The number of aromatic nitrogens is 1. The van der Waals surface area contributed by atoms with Crippen molar-refractivity contribution in [1.29, 1.82) is 0 Å². The second-order valence-electron chi connectivity index (χ2n) is 14.9. The number of carbonyl (C=O) groups is 4. The lowest BCUT2D eigenvalue weighted by Gasteiger charge is -2.36. The quantitative estimate of drug-likeness (QED) is 0.121. The highest BCUT2D eigenvalue weighted by Crippen LogP contribution is 2.39. The zero-order valence-electron chi connectivity index (χ0n) is 31.2. The molecular formula is C40H53FN4O8. The maximum absolute atomic E-state index is 14.2. The van der Waals surface area contributed by atoms with Gasteiger partial charge in [-0.3, -0.25) is 9.59 Å². The van der Waals surface area contributed by atoms with E-state index in [1.807, 2.05) is 30.3 Å². The molecule has 1 saturated heterocycles. The van der Waals surface area contributed by atoms with Gasteiger partial charge < -0.3 is 39.5 Å². The van der Waals surface area contributed by atoms with Crippen molar-refractivity contribution in [2.45, 2.75) is 82.9 Å². The molecule has 1 aromatic heterocycles. The van der Waals surface area contributed by atoms with Crippen LogP contribution in [0.15, 0.2) is 54.6 Å². The van der Waals surface area contributed by atoms with Crippen molar-refractivity contribution in [2.75, 3.05) is 52.1 Å². The summed E-state index contributed by atoms with van der Waals surface area (Å²) in [7, 11) is 1.60. The van der Waals surface area contributed by atoms with Crippen LogP contribution in [-0.2, 0) is 28.5 Å². The van der Waals surface area contributed by atoms with Crippen molar-refractivity contribution in [3.63, 3.8) is 0 Å². The van der Waals surface area contributed by atoms with Crippen LogP contribution in [0.1, 0.15) is 81.3 Å². The molecule has 0 radical (unpaired) electrons. The standard InChI is InChI=1S/C40H53FN4O8/c1-40(2,3)53-39(49)44-34(25-41)27-11-13-28(14-12-27)37(47)45-18-17-31(26-9-6-5-7-10-26)35(45)36(46)42-30-15-16-32-29(23-30)24-33(43-32)38(48)52-20-8-19-51-22-21-50-4/h5-7,9-10,15-16,23-24,27-28,31,34-35,43H,8,11-14,17-22,25H2,1-4H3,(H,42,46)(H,44,49)/t27?,28?,31-,34-,35+/m1/s1. The number of methoxy groups -OCH3 is 1. The lowest BCUT2D eigenvalue weighted by Crippen LogP contribution is -2.49. The Kier molecular flexibility index (Phi) is 13.9. The van der Waals surface area contributed by atoms with Gasteiger partial charge in [0.25, 0.3) is 0 Å². The van der Waals surface area contributed by atoms with E-state index >= 15 is 0 Å². The van der Waals surface area contributed by atoms with Gasteiger partial charge in [0.05, 0.1) is 25.9 Å². The first-order chi connectivity index (χ1) is 25.5. The molecule has 0 bridgehead atoms. The zero-order chi connectivity index (χ0) is 38.0. The van der Waals surface area contributed by atoms with Crippen molar-refractivity contribution in [3.05, 3.63) is 65.9 Å². The minimum Gasteiger partial charge on any atom is -0.461 e. The molecular weight excluding hydrogens is 683 g/mol. The summed E-state index contributed by atoms with van der Waals surface area (Å²) in [6.07, 6.45) is 2.76. The molecule has 13 heteroatoms. The third-order valence-electron chi connectivity index (χ3n) is 9.94. The molecule has 3 atom stereocenters. The number of halogens is 1. The summed E-state index contributed by atoms with van der Waals surface area (Å²) in [6, 6.07) is 15.4. The summed E-state index contributed by atoms with van der Waals surface area (Å²) in [6.45, 7) is 6.64. The van der Waals surface area contributed by atoms with E-state index in [2.05, 4.69) is 15.6 Å². The Morgan fingerprint density at radius 1 is 0.943 bits per heavy atom. The Morgan fingerprint density at radius 2 is 1.70 bits per heavy atom. The molecule has 2 heterocycles. The van der Waals surface area contributed by atoms with Crippen molar-refractivity contribution in [3.8, 4) is 0 Å². The number of H-pyrrole nitrogens is 1. The summed E-state index contributed by atoms with van der Waals surface area (Å²) >= 11 is 0. The Bertz CT molecular complexity index is 1680. The summed E-state index contributed by atoms with van der Waals surface area (Å²) < 4.78 is 35.1. The number of carbonyl (C=O) groups excluding carboxylic acids is 4. The van der Waals surface area contributed by atoms with Crippen LogP contribution in [0, 0.1) is 11.8 Å². The highest BCUT2D eigenvalue weighted by Gasteiger charge is 2.45. The summed E-state index contributed by atoms with van der Waals surface area (Å²) in [5.41, 5.74) is 1.84. The smallest absolute Gasteiger partial charge is 0.407 e. The molecule has 2 fully saturated rings. The van der Waals surface area contributed by atoms with Gasteiger partial charge in [-0.15, -0.1) is 0 Å². The molecule has 2 aromatic carbocycles. The van der Waals surface area contributed by atoms with Crippen LogP contribution >= 0.6 is 0 Å². The van der Waals surface area contributed by atoms with E-state index in [-0.39, 0.29) is 36.2 Å². The van der Waals surface area contributed by atoms with Gasteiger partial charge in [-0.05, 0) is 88.6 Å².